The fraction of sp³-hybridized carbons (Fsp3) is 0.222. The highest BCUT2D eigenvalue weighted by Crippen LogP contribution is 2.21. The fourth-order valence-corrected chi connectivity index (χ4v) is 2.09. The molecule has 0 aliphatic carbocycles. The van der Waals surface area contributed by atoms with Crippen LogP contribution >= 0.6 is 0 Å². The van der Waals surface area contributed by atoms with E-state index in [1.165, 1.54) is 26.0 Å². The number of para-hydroxylation sites is 1. The van der Waals surface area contributed by atoms with Gasteiger partial charge in [-0.3, -0.25) is 9.59 Å². The minimum absolute atomic E-state index is 0.0843. The third-order valence-corrected chi connectivity index (χ3v) is 3.19. The smallest absolute Gasteiger partial charge is 0.163 e. The van der Waals surface area contributed by atoms with Gasteiger partial charge in [-0.05, 0) is 44.2 Å². The Kier molecular flexibility index (Phi) is 5.46. The first-order valence-electron chi connectivity index (χ1n) is 7.15. The summed E-state index contributed by atoms with van der Waals surface area (Å²) in [6, 6.07) is 10.7. The lowest BCUT2D eigenvalue weighted by molar-refractivity contribution is 0.0996. The van der Waals surface area contributed by atoms with Gasteiger partial charge in [0, 0.05) is 0 Å². The first kappa shape index (κ1) is 16.7. The van der Waals surface area contributed by atoms with Crippen molar-refractivity contribution < 1.29 is 23.5 Å². The van der Waals surface area contributed by atoms with E-state index in [4.69, 9.17) is 9.47 Å². The van der Waals surface area contributed by atoms with Gasteiger partial charge in [0.05, 0.1) is 11.1 Å². The molecule has 0 radical (unpaired) electrons. The second kappa shape index (κ2) is 7.54. The van der Waals surface area contributed by atoms with Gasteiger partial charge in [-0.2, -0.15) is 0 Å². The van der Waals surface area contributed by atoms with Crippen LogP contribution in [0.15, 0.2) is 42.5 Å². The van der Waals surface area contributed by atoms with Gasteiger partial charge in [0.15, 0.2) is 11.6 Å². The Hall–Kier alpha value is -2.69. The molecule has 4 nitrogen and oxygen atoms in total. The van der Waals surface area contributed by atoms with Crippen LogP contribution in [0.4, 0.5) is 4.39 Å². The Labute approximate surface area is 133 Å². The molecule has 2 rings (SSSR count). The van der Waals surface area contributed by atoms with E-state index < -0.39 is 5.82 Å². The molecule has 0 atom stereocenters. The minimum atomic E-state index is -0.491. The maximum Gasteiger partial charge on any atom is 0.163 e. The van der Waals surface area contributed by atoms with Crippen molar-refractivity contribution in [2.75, 3.05) is 13.2 Å². The van der Waals surface area contributed by atoms with Crippen molar-refractivity contribution >= 4 is 11.6 Å². The number of halogens is 1. The van der Waals surface area contributed by atoms with Gasteiger partial charge in [0.1, 0.15) is 30.5 Å². The third kappa shape index (κ3) is 4.39. The van der Waals surface area contributed by atoms with Crippen LogP contribution in [0.1, 0.15) is 34.6 Å². The molecule has 0 amide bonds. The molecule has 2 aromatic carbocycles. The fourth-order valence-electron chi connectivity index (χ4n) is 2.09. The van der Waals surface area contributed by atoms with Gasteiger partial charge in [0.25, 0.3) is 0 Å². The molecule has 0 aromatic heterocycles. The summed E-state index contributed by atoms with van der Waals surface area (Å²) in [5, 5.41) is 0. The number of ketones is 2. The van der Waals surface area contributed by atoms with Gasteiger partial charge in [-0.1, -0.05) is 12.1 Å². The molecule has 0 saturated carbocycles. The van der Waals surface area contributed by atoms with E-state index in [0.717, 1.165) is 6.07 Å². The zero-order valence-corrected chi connectivity index (χ0v) is 13.0. The molecule has 0 saturated heterocycles. The molecule has 2 aromatic rings. The van der Waals surface area contributed by atoms with Crippen LogP contribution in [0.5, 0.6) is 11.5 Å². The summed E-state index contributed by atoms with van der Waals surface area (Å²) in [4.78, 5) is 23.0. The van der Waals surface area contributed by atoms with Crippen LogP contribution in [0.2, 0.25) is 0 Å². The molecule has 0 aliphatic heterocycles. The molecule has 0 heterocycles. The Morgan fingerprint density at radius 3 is 2.04 bits per heavy atom. The van der Waals surface area contributed by atoms with Crippen molar-refractivity contribution in [3.8, 4) is 11.5 Å². The largest absolute Gasteiger partial charge is 0.489 e. The number of ether oxygens (including phenoxy) is 2. The zero-order valence-electron chi connectivity index (χ0n) is 13.0. The molecule has 120 valence electrons. The number of carbonyl (C=O) groups is 2. The number of Topliss-reactive ketones (excluding diaryl/α,β-unsaturated/α-hetero) is 2. The van der Waals surface area contributed by atoms with Crippen molar-refractivity contribution in [3.63, 3.8) is 0 Å². The molecule has 0 N–H and O–H groups in total. The lowest BCUT2D eigenvalue weighted by atomic mass is 10.1. The van der Waals surface area contributed by atoms with E-state index in [9.17, 15) is 14.0 Å². The zero-order chi connectivity index (χ0) is 16.8. The molecule has 23 heavy (non-hydrogen) atoms. The summed E-state index contributed by atoms with van der Waals surface area (Å²) >= 11 is 0. The van der Waals surface area contributed by atoms with Gasteiger partial charge in [0.2, 0.25) is 0 Å². The molecule has 0 spiro atoms. The van der Waals surface area contributed by atoms with E-state index in [1.54, 1.807) is 24.3 Å². The highest BCUT2D eigenvalue weighted by molar-refractivity contribution is 5.97. The van der Waals surface area contributed by atoms with Crippen molar-refractivity contribution in [2.24, 2.45) is 0 Å². The second-order valence-electron chi connectivity index (χ2n) is 4.95. The van der Waals surface area contributed by atoms with Crippen molar-refractivity contribution in [1.29, 1.82) is 0 Å². The topological polar surface area (TPSA) is 52.6 Å². The summed E-state index contributed by atoms with van der Waals surface area (Å²) in [5.41, 5.74) is 0.688. The number of rotatable bonds is 7. The summed E-state index contributed by atoms with van der Waals surface area (Å²) < 4.78 is 24.2. The van der Waals surface area contributed by atoms with Crippen LogP contribution in [0.25, 0.3) is 0 Å². The van der Waals surface area contributed by atoms with E-state index in [0.29, 0.717) is 17.1 Å². The predicted octanol–water partition coefficient (Wildman–Crippen LogP) is 3.69. The summed E-state index contributed by atoms with van der Waals surface area (Å²) in [7, 11) is 0. The maximum absolute atomic E-state index is 13.2. The molecule has 0 unspecified atom stereocenters. The number of hydrogen-bond acceptors (Lipinski definition) is 4. The van der Waals surface area contributed by atoms with Crippen molar-refractivity contribution in [3.05, 3.63) is 59.4 Å². The molecule has 5 heteroatoms. The first-order valence-corrected chi connectivity index (χ1v) is 7.15. The van der Waals surface area contributed by atoms with E-state index in [2.05, 4.69) is 0 Å². The molecule has 0 aliphatic rings. The quantitative estimate of drug-likeness (QED) is 0.577. The Morgan fingerprint density at radius 2 is 1.43 bits per heavy atom. The lowest BCUT2D eigenvalue weighted by Crippen LogP contribution is -2.12. The van der Waals surface area contributed by atoms with Crippen LogP contribution < -0.4 is 9.47 Å². The molecule has 0 fully saturated rings. The molecular formula is C18H17FO4. The first-order chi connectivity index (χ1) is 11.0. The standard InChI is InChI=1S/C18H17FO4/c1-12(20)15-5-3-4-6-17(15)22-9-10-23-18-8-7-14(19)11-16(18)13(2)21/h3-8,11H,9-10H2,1-2H3. The number of benzene rings is 2. The Bertz CT molecular complexity index is 725. The van der Waals surface area contributed by atoms with Crippen LogP contribution in [-0.4, -0.2) is 24.8 Å². The Balaban J connectivity index is 1.97. The van der Waals surface area contributed by atoms with Crippen molar-refractivity contribution in [2.45, 2.75) is 13.8 Å². The number of hydrogen-bond donors (Lipinski definition) is 0. The average Bonchev–Trinajstić information content (AvgIpc) is 2.52. The van der Waals surface area contributed by atoms with Crippen LogP contribution in [0, 0.1) is 5.82 Å². The van der Waals surface area contributed by atoms with Crippen LogP contribution in [0.3, 0.4) is 0 Å². The monoisotopic (exact) mass is 316 g/mol. The van der Waals surface area contributed by atoms with Crippen molar-refractivity contribution in [1.82, 2.24) is 0 Å². The predicted molar refractivity (Wildman–Crippen MR) is 83.8 cm³/mol. The van der Waals surface area contributed by atoms with E-state index >= 15 is 0 Å². The average molecular weight is 316 g/mol. The summed E-state index contributed by atoms with van der Waals surface area (Å²) in [6.07, 6.45) is 0. The van der Waals surface area contributed by atoms with Crippen LogP contribution in [-0.2, 0) is 0 Å². The highest BCUT2D eigenvalue weighted by Gasteiger charge is 2.11. The summed E-state index contributed by atoms with van der Waals surface area (Å²) in [5.74, 6) is -0.0627. The summed E-state index contributed by atoms with van der Waals surface area (Å²) in [6.45, 7) is 3.18. The van der Waals surface area contributed by atoms with Gasteiger partial charge in [-0.25, -0.2) is 4.39 Å². The highest BCUT2D eigenvalue weighted by atomic mass is 19.1. The Morgan fingerprint density at radius 1 is 0.870 bits per heavy atom. The number of carbonyl (C=O) groups excluding carboxylic acids is 2. The van der Waals surface area contributed by atoms with Gasteiger partial charge >= 0.3 is 0 Å². The lowest BCUT2D eigenvalue weighted by Gasteiger charge is -2.12. The van der Waals surface area contributed by atoms with Gasteiger partial charge < -0.3 is 9.47 Å². The second-order valence-corrected chi connectivity index (χ2v) is 4.95. The molecule has 0 bridgehead atoms. The maximum atomic E-state index is 13.2. The third-order valence-electron chi connectivity index (χ3n) is 3.19. The SMILES string of the molecule is CC(=O)c1ccccc1OCCOc1ccc(F)cc1C(C)=O. The molecular weight excluding hydrogens is 299 g/mol. The van der Waals surface area contributed by atoms with E-state index in [1.807, 2.05) is 0 Å². The normalized spacial score (nSPS) is 10.2. The van der Waals surface area contributed by atoms with Gasteiger partial charge in [-0.15, -0.1) is 0 Å². The minimum Gasteiger partial charge on any atom is -0.489 e. The van der Waals surface area contributed by atoms with E-state index in [-0.39, 0.29) is 30.3 Å².